The number of allylic oxidation sites excluding steroid dienone is 12. The van der Waals surface area contributed by atoms with Crippen LogP contribution in [0.15, 0.2) is 72.9 Å². The fraction of sp³-hybridized carbons (Fsp3) is 0.720. The summed E-state index contributed by atoms with van der Waals surface area (Å²) in [5.74, 6) is -0.543. The maximum Gasteiger partial charge on any atom is 0.306 e. The molecule has 0 aromatic rings. The Kier molecular flexibility index (Phi) is 41.3. The van der Waals surface area contributed by atoms with Crippen LogP contribution in [0, 0.1) is 0 Å². The number of aliphatic hydroxyl groups excluding tert-OH is 2. The van der Waals surface area contributed by atoms with Crippen molar-refractivity contribution in [3.63, 3.8) is 0 Å². The molecule has 0 aliphatic rings. The molecule has 0 aliphatic carbocycles. The van der Waals surface area contributed by atoms with Crippen LogP contribution in [0.5, 0.6) is 0 Å². The minimum absolute atomic E-state index is 0.0400. The lowest BCUT2D eigenvalue weighted by molar-refractivity contribution is -0.151. The summed E-state index contributed by atoms with van der Waals surface area (Å²) in [5.41, 5.74) is 0. The summed E-state index contributed by atoms with van der Waals surface area (Å²) in [7, 11) is 0. The van der Waals surface area contributed by atoms with Crippen LogP contribution in [0.1, 0.15) is 207 Å². The fourth-order valence-corrected chi connectivity index (χ4v) is 6.62. The predicted molar refractivity (Wildman–Crippen MR) is 241 cm³/mol. The van der Waals surface area contributed by atoms with E-state index in [1.54, 1.807) is 0 Å². The van der Waals surface area contributed by atoms with E-state index >= 15 is 0 Å². The topological polar surface area (TPSA) is 95.9 Å². The number of rotatable bonds is 40. The van der Waals surface area contributed by atoms with E-state index in [1.165, 1.54) is 57.8 Å². The molecule has 0 fully saturated rings. The highest BCUT2D eigenvalue weighted by Gasteiger charge is 2.24. The zero-order valence-corrected chi connectivity index (χ0v) is 36.5. The van der Waals surface area contributed by atoms with Gasteiger partial charge in [-0.05, 0) is 77.0 Å². The SMILES string of the molecule is CC/C=C/C=C/C=C\CCCCCCCC(=O)OC(CCCC/C=C/C/C=C/C/C=C/CC)CC(=O)NC(CO)C(O)CCCCCCCCCCCCCC. The first kappa shape index (κ1) is 53.3. The van der Waals surface area contributed by atoms with Crippen LogP contribution in [0.3, 0.4) is 0 Å². The van der Waals surface area contributed by atoms with Gasteiger partial charge in [-0.25, -0.2) is 0 Å². The average Bonchev–Trinajstić information content (AvgIpc) is 3.19. The Morgan fingerprint density at radius 2 is 1.05 bits per heavy atom. The van der Waals surface area contributed by atoms with E-state index in [2.05, 4.69) is 99.0 Å². The van der Waals surface area contributed by atoms with Crippen molar-refractivity contribution >= 4 is 11.9 Å². The molecule has 3 N–H and O–H groups in total. The number of amides is 1. The number of unbranched alkanes of at least 4 members (excludes halogenated alkanes) is 18. The maximum atomic E-state index is 13.1. The van der Waals surface area contributed by atoms with Crippen molar-refractivity contribution in [1.29, 1.82) is 0 Å². The van der Waals surface area contributed by atoms with Gasteiger partial charge in [0.15, 0.2) is 0 Å². The van der Waals surface area contributed by atoms with Gasteiger partial charge in [-0.15, -0.1) is 0 Å². The van der Waals surface area contributed by atoms with Crippen molar-refractivity contribution in [3.05, 3.63) is 72.9 Å². The average molecular weight is 782 g/mol. The molecule has 0 saturated carbocycles. The van der Waals surface area contributed by atoms with Gasteiger partial charge in [0.25, 0.3) is 0 Å². The third kappa shape index (κ3) is 38.2. The number of esters is 1. The number of nitrogens with one attached hydrogen (secondary N) is 1. The summed E-state index contributed by atoms with van der Waals surface area (Å²) < 4.78 is 5.87. The van der Waals surface area contributed by atoms with Crippen molar-refractivity contribution in [2.45, 2.75) is 225 Å². The number of ether oxygens (including phenoxy) is 1. The Balaban J connectivity index is 4.68. The molecule has 6 heteroatoms. The number of carbonyl (C=O) groups excluding carboxylic acids is 2. The maximum absolute atomic E-state index is 13.1. The van der Waals surface area contributed by atoms with Gasteiger partial charge in [0, 0.05) is 6.42 Å². The number of hydrogen-bond acceptors (Lipinski definition) is 5. The third-order valence-corrected chi connectivity index (χ3v) is 10.1. The number of hydrogen-bond donors (Lipinski definition) is 3. The molecule has 0 aromatic carbocycles. The third-order valence-electron chi connectivity index (χ3n) is 10.1. The Labute approximate surface area is 345 Å². The Bertz CT molecular complexity index is 1060. The minimum Gasteiger partial charge on any atom is -0.462 e. The molecule has 0 spiro atoms. The van der Waals surface area contributed by atoms with Crippen LogP contribution in [-0.2, 0) is 14.3 Å². The van der Waals surface area contributed by atoms with Crippen LogP contribution < -0.4 is 5.32 Å². The lowest BCUT2D eigenvalue weighted by Gasteiger charge is -2.24. The van der Waals surface area contributed by atoms with Crippen molar-refractivity contribution in [2.24, 2.45) is 0 Å². The Morgan fingerprint density at radius 3 is 1.68 bits per heavy atom. The second-order valence-electron chi connectivity index (χ2n) is 15.5. The van der Waals surface area contributed by atoms with Gasteiger partial charge < -0.3 is 20.3 Å². The van der Waals surface area contributed by atoms with Gasteiger partial charge >= 0.3 is 5.97 Å². The van der Waals surface area contributed by atoms with Crippen molar-refractivity contribution in [3.8, 4) is 0 Å². The minimum atomic E-state index is -0.802. The van der Waals surface area contributed by atoms with Crippen LogP contribution in [0.2, 0.25) is 0 Å². The first-order chi connectivity index (χ1) is 27.5. The van der Waals surface area contributed by atoms with Crippen molar-refractivity contribution in [2.75, 3.05) is 6.61 Å². The Hall–Kier alpha value is -2.70. The standard InChI is InChI=1S/C50H87NO5/c1-4-7-10-13-16-19-22-25-28-31-34-37-40-43-50(55)56-46(41-38-35-32-29-26-23-20-17-14-11-8-5-2)44-49(54)51-47(45-52)48(53)42-39-36-33-30-27-24-21-18-15-12-9-6-3/h7-8,10-11,13,16-17,19-20,22,26,29,46-48,52-53H,4-6,9,12,14-15,18,21,23-25,27-28,30-45H2,1-3H3,(H,51,54)/b10-7+,11-8+,16-13+,20-17+,22-19-,29-26+. The van der Waals surface area contributed by atoms with Crippen LogP contribution >= 0.6 is 0 Å². The van der Waals surface area contributed by atoms with E-state index in [9.17, 15) is 19.8 Å². The molecule has 3 unspecified atom stereocenters. The van der Waals surface area contributed by atoms with Gasteiger partial charge in [-0.2, -0.15) is 0 Å². The molecule has 0 aliphatic heterocycles. The fourth-order valence-electron chi connectivity index (χ4n) is 6.62. The summed E-state index contributed by atoms with van der Waals surface area (Å²) in [6, 6.07) is -0.719. The second-order valence-corrected chi connectivity index (χ2v) is 15.5. The quantitative estimate of drug-likeness (QED) is 0.0249. The number of carbonyl (C=O) groups is 2. The second kappa shape index (κ2) is 43.4. The lowest BCUT2D eigenvalue weighted by Crippen LogP contribution is -2.46. The largest absolute Gasteiger partial charge is 0.462 e. The normalized spacial score (nSPS) is 14.0. The monoisotopic (exact) mass is 782 g/mol. The zero-order valence-electron chi connectivity index (χ0n) is 36.5. The van der Waals surface area contributed by atoms with Gasteiger partial charge in [-0.3, -0.25) is 9.59 Å². The molecule has 0 bridgehead atoms. The first-order valence-corrected chi connectivity index (χ1v) is 23.2. The highest BCUT2D eigenvalue weighted by atomic mass is 16.5. The van der Waals surface area contributed by atoms with Crippen LogP contribution in [0.4, 0.5) is 0 Å². The molecule has 0 rings (SSSR count). The van der Waals surface area contributed by atoms with E-state index in [-0.39, 0.29) is 24.9 Å². The Morgan fingerprint density at radius 1 is 0.554 bits per heavy atom. The summed E-state index contributed by atoms with van der Waals surface area (Å²) in [5, 5.41) is 23.6. The highest BCUT2D eigenvalue weighted by Crippen LogP contribution is 2.17. The predicted octanol–water partition coefficient (Wildman–Crippen LogP) is 13.4. The molecule has 322 valence electrons. The lowest BCUT2D eigenvalue weighted by atomic mass is 10.0. The molecule has 0 radical (unpaired) electrons. The van der Waals surface area contributed by atoms with Gasteiger partial charge in [0.1, 0.15) is 6.10 Å². The molecule has 1 amide bonds. The van der Waals surface area contributed by atoms with Crippen molar-refractivity contribution < 1.29 is 24.5 Å². The van der Waals surface area contributed by atoms with E-state index in [1.807, 2.05) is 0 Å². The molecular formula is C50H87NO5. The van der Waals surface area contributed by atoms with Crippen LogP contribution in [0.25, 0.3) is 0 Å². The number of aliphatic hydroxyl groups is 2. The first-order valence-electron chi connectivity index (χ1n) is 23.2. The van der Waals surface area contributed by atoms with Gasteiger partial charge in [0.05, 0.1) is 25.2 Å². The van der Waals surface area contributed by atoms with Gasteiger partial charge in [0.2, 0.25) is 5.91 Å². The summed E-state index contributed by atoms with van der Waals surface area (Å²) in [6.45, 7) is 6.20. The van der Waals surface area contributed by atoms with E-state index in [0.717, 1.165) is 103 Å². The molecule has 0 aromatic heterocycles. The summed E-state index contributed by atoms with van der Waals surface area (Å²) in [4.78, 5) is 26.0. The molecule has 3 atom stereocenters. The van der Waals surface area contributed by atoms with Crippen LogP contribution in [-0.4, -0.2) is 46.9 Å². The smallest absolute Gasteiger partial charge is 0.306 e. The summed E-state index contributed by atoms with van der Waals surface area (Å²) >= 11 is 0. The van der Waals surface area contributed by atoms with Crippen molar-refractivity contribution in [1.82, 2.24) is 5.32 Å². The summed E-state index contributed by atoms with van der Waals surface area (Å²) in [6.07, 6.45) is 53.9. The van der Waals surface area contributed by atoms with E-state index in [4.69, 9.17) is 4.74 Å². The molecular weight excluding hydrogens is 695 g/mol. The molecule has 56 heavy (non-hydrogen) atoms. The zero-order chi connectivity index (χ0) is 41.0. The van der Waals surface area contributed by atoms with E-state index < -0.39 is 18.2 Å². The highest BCUT2D eigenvalue weighted by molar-refractivity contribution is 5.77. The molecule has 6 nitrogen and oxygen atoms in total. The molecule has 0 heterocycles. The van der Waals surface area contributed by atoms with Gasteiger partial charge in [-0.1, -0.05) is 190 Å². The van der Waals surface area contributed by atoms with E-state index in [0.29, 0.717) is 19.3 Å². The molecule has 0 saturated heterocycles.